The van der Waals surface area contributed by atoms with E-state index in [0.717, 1.165) is 23.8 Å². The lowest BCUT2D eigenvalue weighted by atomic mass is 10.1. The maximum Gasteiger partial charge on any atom is 0.416 e. The minimum absolute atomic E-state index is 0.0616. The molecular formula is C19H18F3NO3. The molecule has 1 amide bonds. The molecule has 0 saturated heterocycles. The summed E-state index contributed by atoms with van der Waals surface area (Å²) < 4.78 is 43.0. The predicted octanol–water partition coefficient (Wildman–Crippen LogP) is 4.74. The number of halogens is 3. The second-order valence-electron chi connectivity index (χ2n) is 5.45. The molecule has 0 aromatic heterocycles. The number of benzene rings is 2. The van der Waals surface area contributed by atoms with Gasteiger partial charge in [0, 0.05) is 12.1 Å². The zero-order valence-electron chi connectivity index (χ0n) is 13.8. The second kappa shape index (κ2) is 8.94. The van der Waals surface area contributed by atoms with Gasteiger partial charge in [0.15, 0.2) is 0 Å². The molecule has 7 heteroatoms. The molecular weight excluding hydrogens is 347 g/mol. The Hall–Kier alpha value is -2.96. The Bertz CT molecular complexity index is 758. The van der Waals surface area contributed by atoms with Gasteiger partial charge in [-0.1, -0.05) is 42.5 Å². The van der Waals surface area contributed by atoms with Crippen molar-refractivity contribution in [3.63, 3.8) is 0 Å². The number of hydrogen-bond donors (Lipinski definition) is 2. The molecule has 0 radical (unpaired) electrons. The molecule has 0 aliphatic rings. The molecule has 0 aliphatic carbocycles. The van der Waals surface area contributed by atoms with Gasteiger partial charge >= 0.3 is 12.3 Å². The summed E-state index contributed by atoms with van der Waals surface area (Å²) in [6.45, 7) is 0.407. The van der Waals surface area contributed by atoms with Crippen LogP contribution in [0.3, 0.4) is 0 Å². The van der Waals surface area contributed by atoms with Crippen molar-refractivity contribution < 1.29 is 27.8 Å². The number of rotatable bonds is 6. The molecule has 138 valence electrons. The zero-order chi connectivity index (χ0) is 19.0. The first-order chi connectivity index (χ1) is 12.4. The van der Waals surface area contributed by atoms with E-state index in [-0.39, 0.29) is 24.5 Å². The Morgan fingerprint density at radius 2 is 1.88 bits per heavy atom. The van der Waals surface area contributed by atoms with E-state index in [4.69, 9.17) is 4.74 Å². The molecule has 4 nitrogen and oxygen atoms in total. The molecule has 0 fully saturated rings. The molecule has 26 heavy (non-hydrogen) atoms. The summed E-state index contributed by atoms with van der Waals surface area (Å²) in [6.07, 6.45) is -1.74. The molecule has 0 spiro atoms. The number of alkyl halides is 3. The fourth-order valence-electron chi connectivity index (χ4n) is 2.11. The first-order valence-corrected chi connectivity index (χ1v) is 7.87. The number of nitrogens with one attached hydrogen (secondary N) is 1. The molecule has 0 unspecified atom stereocenters. The van der Waals surface area contributed by atoms with Crippen LogP contribution in [0.5, 0.6) is 5.75 Å². The molecule has 2 aromatic rings. The summed E-state index contributed by atoms with van der Waals surface area (Å²) in [5, 5.41) is 12.1. The van der Waals surface area contributed by atoms with Crippen molar-refractivity contribution in [2.75, 3.05) is 6.54 Å². The van der Waals surface area contributed by atoms with Crippen molar-refractivity contribution in [2.45, 2.75) is 19.2 Å². The van der Waals surface area contributed by atoms with E-state index in [2.05, 4.69) is 5.32 Å². The van der Waals surface area contributed by atoms with Gasteiger partial charge in [-0.3, -0.25) is 0 Å². The van der Waals surface area contributed by atoms with Crippen LogP contribution in [0, 0.1) is 0 Å². The number of amides is 1. The fourth-order valence-corrected chi connectivity index (χ4v) is 2.11. The first kappa shape index (κ1) is 19.4. The van der Waals surface area contributed by atoms with Gasteiger partial charge in [0.05, 0.1) is 5.56 Å². The van der Waals surface area contributed by atoms with Gasteiger partial charge in [-0.15, -0.1) is 0 Å². The van der Waals surface area contributed by atoms with E-state index < -0.39 is 17.8 Å². The normalized spacial score (nSPS) is 11.5. The highest BCUT2D eigenvalue weighted by molar-refractivity contribution is 5.67. The molecule has 0 atom stereocenters. The van der Waals surface area contributed by atoms with Crippen LogP contribution in [-0.4, -0.2) is 17.7 Å². The SMILES string of the molecule is O=C(NCCC=Cc1cc(C(F)(F)F)ccc1O)OCc1ccccc1. The smallest absolute Gasteiger partial charge is 0.416 e. The number of phenolic OH excluding ortho intramolecular Hbond substituents is 1. The average molecular weight is 365 g/mol. The third-order valence-electron chi connectivity index (χ3n) is 3.45. The van der Waals surface area contributed by atoms with Crippen molar-refractivity contribution in [3.8, 4) is 5.75 Å². The molecule has 0 aliphatic heterocycles. The predicted molar refractivity (Wildman–Crippen MR) is 91.4 cm³/mol. The molecule has 0 heterocycles. The van der Waals surface area contributed by atoms with E-state index >= 15 is 0 Å². The van der Waals surface area contributed by atoms with Crippen LogP contribution in [0.2, 0.25) is 0 Å². The van der Waals surface area contributed by atoms with Crippen LogP contribution >= 0.6 is 0 Å². The summed E-state index contributed by atoms with van der Waals surface area (Å²) >= 11 is 0. The van der Waals surface area contributed by atoms with Crippen LogP contribution in [0.4, 0.5) is 18.0 Å². The number of ether oxygens (including phenoxy) is 1. The molecule has 2 N–H and O–H groups in total. The highest BCUT2D eigenvalue weighted by atomic mass is 19.4. The number of alkyl carbamates (subject to hydrolysis) is 1. The molecule has 0 bridgehead atoms. The Kier molecular flexibility index (Phi) is 6.66. The van der Waals surface area contributed by atoms with Crippen LogP contribution in [0.1, 0.15) is 23.1 Å². The Balaban J connectivity index is 1.76. The van der Waals surface area contributed by atoms with Gasteiger partial charge in [-0.25, -0.2) is 4.79 Å². The quantitative estimate of drug-likeness (QED) is 0.727. The number of carbonyl (C=O) groups excluding carboxylic acids is 1. The highest BCUT2D eigenvalue weighted by Crippen LogP contribution is 2.32. The Morgan fingerprint density at radius 3 is 2.58 bits per heavy atom. The maximum absolute atomic E-state index is 12.7. The number of phenols is 1. The summed E-state index contributed by atoms with van der Waals surface area (Å²) in [5.41, 5.74) is 0.0895. The van der Waals surface area contributed by atoms with Crippen molar-refractivity contribution in [2.24, 2.45) is 0 Å². The number of carbonyl (C=O) groups is 1. The first-order valence-electron chi connectivity index (χ1n) is 7.87. The monoisotopic (exact) mass is 365 g/mol. The third-order valence-corrected chi connectivity index (χ3v) is 3.45. The van der Waals surface area contributed by atoms with Crippen molar-refractivity contribution in [3.05, 3.63) is 71.3 Å². The number of aromatic hydroxyl groups is 1. The van der Waals surface area contributed by atoms with E-state index in [1.807, 2.05) is 30.3 Å². The average Bonchev–Trinajstić information content (AvgIpc) is 2.61. The maximum atomic E-state index is 12.7. The standard InChI is InChI=1S/C19H18F3NO3/c20-19(21,22)16-9-10-17(24)15(12-16)8-4-5-11-23-18(25)26-13-14-6-2-1-3-7-14/h1-4,6-10,12,24H,5,11,13H2,(H,23,25). The van der Waals surface area contributed by atoms with Gasteiger partial charge in [0.2, 0.25) is 0 Å². The lowest BCUT2D eigenvalue weighted by Crippen LogP contribution is -2.24. The molecule has 2 rings (SSSR count). The van der Waals surface area contributed by atoms with E-state index in [1.165, 1.54) is 6.08 Å². The van der Waals surface area contributed by atoms with Gasteiger partial charge in [0.25, 0.3) is 0 Å². The van der Waals surface area contributed by atoms with Crippen LogP contribution in [-0.2, 0) is 17.5 Å². The Morgan fingerprint density at radius 1 is 1.15 bits per heavy atom. The summed E-state index contributed by atoms with van der Waals surface area (Å²) in [6, 6.07) is 11.9. The zero-order valence-corrected chi connectivity index (χ0v) is 13.8. The lowest BCUT2D eigenvalue weighted by molar-refractivity contribution is -0.137. The Labute approximate surface area is 148 Å². The molecule has 0 saturated carbocycles. The van der Waals surface area contributed by atoms with E-state index in [1.54, 1.807) is 6.08 Å². The van der Waals surface area contributed by atoms with Gasteiger partial charge < -0.3 is 15.2 Å². The van der Waals surface area contributed by atoms with Crippen LogP contribution in [0.25, 0.3) is 6.08 Å². The van der Waals surface area contributed by atoms with Crippen molar-refractivity contribution in [1.29, 1.82) is 0 Å². The summed E-state index contributed by atoms with van der Waals surface area (Å²) in [4.78, 5) is 11.5. The second-order valence-corrected chi connectivity index (χ2v) is 5.45. The largest absolute Gasteiger partial charge is 0.507 e. The van der Waals surface area contributed by atoms with Gasteiger partial charge in [0.1, 0.15) is 12.4 Å². The fraction of sp³-hybridized carbons (Fsp3) is 0.211. The third kappa shape index (κ3) is 6.16. The van der Waals surface area contributed by atoms with Crippen molar-refractivity contribution in [1.82, 2.24) is 5.32 Å². The molecule has 2 aromatic carbocycles. The van der Waals surface area contributed by atoms with E-state index in [9.17, 15) is 23.1 Å². The van der Waals surface area contributed by atoms with E-state index in [0.29, 0.717) is 6.42 Å². The van der Waals surface area contributed by atoms with Crippen LogP contribution < -0.4 is 5.32 Å². The minimum atomic E-state index is -4.47. The van der Waals surface area contributed by atoms with Crippen LogP contribution in [0.15, 0.2) is 54.6 Å². The summed E-state index contributed by atoms with van der Waals surface area (Å²) in [5.74, 6) is -0.246. The number of hydrogen-bond acceptors (Lipinski definition) is 3. The van der Waals surface area contributed by atoms with Gasteiger partial charge in [-0.2, -0.15) is 13.2 Å². The topological polar surface area (TPSA) is 58.6 Å². The summed E-state index contributed by atoms with van der Waals surface area (Å²) in [7, 11) is 0. The minimum Gasteiger partial charge on any atom is -0.507 e. The highest BCUT2D eigenvalue weighted by Gasteiger charge is 2.30. The van der Waals surface area contributed by atoms with Crippen molar-refractivity contribution >= 4 is 12.2 Å². The van der Waals surface area contributed by atoms with Gasteiger partial charge in [-0.05, 0) is 30.2 Å². The lowest BCUT2D eigenvalue weighted by Gasteiger charge is -2.08.